The predicted octanol–water partition coefficient (Wildman–Crippen LogP) is 1.26. The number of unbranched alkanes of at least 4 members (excludes halogenated alkanes) is 1. The Morgan fingerprint density at radius 1 is 1.50 bits per heavy atom. The van der Waals surface area contributed by atoms with Crippen LogP contribution in [0.2, 0.25) is 0 Å². The Kier molecular flexibility index (Phi) is 5.45. The molecule has 0 bridgehead atoms. The molecule has 3 nitrogen and oxygen atoms in total. The minimum atomic E-state index is -0.117. The summed E-state index contributed by atoms with van der Waals surface area (Å²) in [6.45, 7) is 4.78. The van der Waals surface area contributed by atoms with Gasteiger partial charge in [-0.2, -0.15) is 0 Å². The van der Waals surface area contributed by atoms with Crippen LogP contribution in [0, 0.1) is 0 Å². The van der Waals surface area contributed by atoms with Gasteiger partial charge in [-0.1, -0.05) is 19.8 Å². The lowest BCUT2D eigenvalue weighted by Gasteiger charge is -2.23. The van der Waals surface area contributed by atoms with Crippen molar-refractivity contribution in [3.63, 3.8) is 0 Å². The molecule has 0 aromatic carbocycles. The van der Waals surface area contributed by atoms with Crippen molar-refractivity contribution in [2.75, 3.05) is 26.8 Å². The van der Waals surface area contributed by atoms with Crippen molar-refractivity contribution in [3.8, 4) is 0 Å². The van der Waals surface area contributed by atoms with Crippen LogP contribution in [0.4, 0.5) is 0 Å². The number of methoxy groups -OCH3 is 1. The van der Waals surface area contributed by atoms with Gasteiger partial charge in [0.25, 0.3) is 0 Å². The summed E-state index contributed by atoms with van der Waals surface area (Å²) < 4.78 is 5.07. The summed E-state index contributed by atoms with van der Waals surface area (Å²) in [5.74, 6) is 0. The topological polar surface area (TPSA) is 32.7 Å². The average molecular weight is 201 g/mol. The van der Waals surface area contributed by atoms with Crippen LogP contribution in [-0.4, -0.2) is 49.0 Å². The van der Waals surface area contributed by atoms with Crippen molar-refractivity contribution in [3.05, 3.63) is 0 Å². The van der Waals surface area contributed by atoms with Gasteiger partial charge in [-0.05, 0) is 12.8 Å². The Bertz CT molecular complexity index is 136. The second kappa shape index (κ2) is 6.38. The number of ether oxygens (including phenoxy) is 1. The predicted molar refractivity (Wildman–Crippen MR) is 57.4 cm³/mol. The van der Waals surface area contributed by atoms with E-state index < -0.39 is 0 Å². The molecule has 1 saturated heterocycles. The van der Waals surface area contributed by atoms with Crippen LogP contribution in [0.25, 0.3) is 0 Å². The molecule has 84 valence electrons. The molecule has 1 fully saturated rings. The minimum absolute atomic E-state index is 0.117. The number of rotatable bonds is 6. The molecule has 1 heterocycles. The molecule has 0 amide bonds. The molecule has 0 saturated carbocycles. The van der Waals surface area contributed by atoms with E-state index in [9.17, 15) is 5.11 Å². The molecule has 0 aromatic heterocycles. The summed E-state index contributed by atoms with van der Waals surface area (Å²) in [5.41, 5.74) is 0. The number of hydrogen-bond donors (Lipinski definition) is 1. The van der Waals surface area contributed by atoms with Gasteiger partial charge in [-0.3, -0.25) is 4.90 Å². The normalized spacial score (nSPS) is 28.5. The van der Waals surface area contributed by atoms with E-state index in [4.69, 9.17) is 4.74 Å². The summed E-state index contributed by atoms with van der Waals surface area (Å²) in [6.07, 6.45) is 4.56. The van der Waals surface area contributed by atoms with Crippen molar-refractivity contribution in [2.24, 2.45) is 0 Å². The lowest BCUT2D eigenvalue weighted by atomic mass is 10.1. The van der Waals surface area contributed by atoms with Crippen LogP contribution in [0.3, 0.4) is 0 Å². The smallest absolute Gasteiger partial charge is 0.0682 e. The molecule has 2 atom stereocenters. The fourth-order valence-corrected chi connectivity index (χ4v) is 2.18. The highest BCUT2D eigenvalue weighted by Crippen LogP contribution is 2.21. The highest BCUT2D eigenvalue weighted by Gasteiger charge is 2.29. The third kappa shape index (κ3) is 3.56. The maximum Gasteiger partial charge on any atom is 0.0682 e. The van der Waals surface area contributed by atoms with E-state index in [0.29, 0.717) is 6.04 Å². The van der Waals surface area contributed by atoms with Crippen LogP contribution >= 0.6 is 0 Å². The molecule has 1 aliphatic rings. The summed E-state index contributed by atoms with van der Waals surface area (Å²) in [5, 5.41) is 9.59. The Morgan fingerprint density at radius 2 is 2.29 bits per heavy atom. The number of aliphatic hydroxyl groups is 1. The number of nitrogens with zero attached hydrogens (tertiary/aromatic N) is 1. The van der Waals surface area contributed by atoms with Gasteiger partial charge in [0.05, 0.1) is 12.7 Å². The zero-order valence-electron chi connectivity index (χ0n) is 9.41. The molecular formula is C11H23NO2. The van der Waals surface area contributed by atoms with Crippen molar-refractivity contribution < 1.29 is 9.84 Å². The average Bonchev–Trinajstić information content (AvgIpc) is 2.52. The van der Waals surface area contributed by atoms with E-state index in [1.165, 1.54) is 19.3 Å². The number of aliphatic hydroxyl groups excluding tert-OH is 1. The van der Waals surface area contributed by atoms with Crippen LogP contribution in [0.1, 0.15) is 32.6 Å². The van der Waals surface area contributed by atoms with Crippen molar-refractivity contribution in [1.29, 1.82) is 0 Å². The molecule has 0 aliphatic carbocycles. The minimum Gasteiger partial charge on any atom is -0.392 e. The first-order chi connectivity index (χ1) is 6.77. The van der Waals surface area contributed by atoms with E-state index in [-0.39, 0.29) is 6.10 Å². The first-order valence-electron chi connectivity index (χ1n) is 5.69. The van der Waals surface area contributed by atoms with Gasteiger partial charge in [0.1, 0.15) is 0 Å². The number of likely N-dealkylation sites (tertiary alicyclic amines) is 1. The van der Waals surface area contributed by atoms with Crippen LogP contribution in [0.5, 0.6) is 0 Å². The van der Waals surface area contributed by atoms with Crippen molar-refractivity contribution in [2.45, 2.75) is 44.8 Å². The molecule has 1 aliphatic heterocycles. The second-order valence-electron chi connectivity index (χ2n) is 4.17. The highest BCUT2D eigenvalue weighted by atomic mass is 16.5. The van der Waals surface area contributed by atoms with Gasteiger partial charge in [0.15, 0.2) is 0 Å². The molecule has 0 unspecified atom stereocenters. The quantitative estimate of drug-likeness (QED) is 0.702. The Morgan fingerprint density at radius 3 is 2.93 bits per heavy atom. The van der Waals surface area contributed by atoms with Gasteiger partial charge in [0.2, 0.25) is 0 Å². The zero-order chi connectivity index (χ0) is 10.4. The third-order valence-corrected chi connectivity index (χ3v) is 2.98. The number of β-amino-alcohol motifs (C(OH)–C–C–N with tert-alkyl or cyclic N) is 1. The van der Waals surface area contributed by atoms with Crippen LogP contribution in [0.15, 0.2) is 0 Å². The Balaban J connectivity index is 2.29. The molecule has 0 aromatic rings. The maximum absolute atomic E-state index is 9.59. The van der Waals surface area contributed by atoms with Crippen molar-refractivity contribution in [1.82, 2.24) is 4.90 Å². The molecule has 3 heteroatoms. The fourth-order valence-electron chi connectivity index (χ4n) is 2.18. The Labute approximate surface area is 87.1 Å². The van der Waals surface area contributed by atoms with E-state index in [1.54, 1.807) is 7.11 Å². The third-order valence-electron chi connectivity index (χ3n) is 2.98. The lowest BCUT2D eigenvalue weighted by molar-refractivity contribution is 0.128. The Hall–Kier alpha value is -0.120. The van der Waals surface area contributed by atoms with Gasteiger partial charge < -0.3 is 9.84 Å². The molecule has 0 radical (unpaired) electrons. The lowest BCUT2D eigenvalue weighted by Crippen LogP contribution is -2.32. The SMILES string of the molecule is CCCC[C@H]1C[C@H](O)CN1CCOC. The van der Waals surface area contributed by atoms with Gasteiger partial charge in [-0.15, -0.1) is 0 Å². The van der Waals surface area contributed by atoms with Crippen molar-refractivity contribution >= 4 is 0 Å². The highest BCUT2D eigenvalue weighted by molar-refractivity contribution is 4.84. The molecule has 14 heavy (non-hydrogen) atoms. The molecule has 1 rings (SSSR count). The van der Waals surface area contributed by atoms with E-state index in [0.717, 1.165) is 26.1 Å². The second-order valence-corrected chi connectivity index (χ2v) is 4.17. The maximum atomic E-state index is 9.59. The summed E-state index contributed by atoms with van der Waals surface area (Å²) >= 11 is 0. The van der Waals surface area contributed by atoms with Crippen LogP contribution in [-0.2, 0) is 4.74 Å². The fraction of sp³-hybridized carbons (Fsp3) is 1.00. The largest absolute Gasteiger partial charge is 0.392 e. The first-order valence-corrected chi connectivity index (χ1v) is 5.69. The molecular weight excluding hydrogens is 178 g/mol. The van der Waals surface area contributed by atoms with Gasteiger partial charge in [0, 0.05) is 26.2 Å². The summed E-state index contributed by atoms with van der Waals surface area (Å²) in [6, 6.07) is 0.583. The van der Waals surface area contributed by atoms with E-state index >= 15 is 0 Å². The summed E-state index contributed by atoms with van der Waals surface area (Å²) in [7, 11) is 1.73. The first kappa shape index (κ1) is 12.0. The van der Waals surface area contributed by atoms with E-state index in [2.05, 4.69) is 11.8 Å². The van der Waals surface area contributed by atoms with Gasteiger partial charge in [-0.25, -0.2) is 0 Å². The number of hydrogen-bond acceptors (Lipinski definition) is 3. The summed E-state index contributed by atoms with van der Waals surface area (Å²) in [4.78, 5) is 2.36. The van der Waals surface area contributed by atoms with E-state index in [1.807, 2.05) is 0 Å². The molecule has 1 N–H and O–H groups in total. The monoisotopic (exact) mass is 201 g/mol. The standard InChI is InChI=1S/C11H23NO2/c1-3-4-5-10-8-11(13)9-12(10)6-7-14-2/h10-11,13H,3-9H2,1-2H3/t10-,11-/m0/s1. The van der Waals surface area contributed by atoms with Gasteiger partial charge >= 0.3 is 0 Å². The van der Waals surface area contributed by atoms with Crippen LogP contribution < -0.4 is 0 Å². The zero-order valence-corrected chi connectivity index (χ0v) is 9.41. The molecule has 0 spiro atoms.